The van der Waals surface area contributed by atoms with Crippen LogP contribution in [-0.2, 0) is 6.54 Å². The number of pyridine rings is 1. The Morgan fingerprint density at radius 1 is 1.40 bits per heavy atom. The molecule has 3 heterocycles. The fourth-order valence-electron chi connectivity index (χ4n) is 3.34. The van der Waals surface area contributed by atoms with Gasteiger partial charge in [0.05, 0.1) is 5.69 Å². The zero-order chi connectivity index (χ0) is 14.1. The highest BCUT2D eigenvalue weighted by Crippen LogP contribution is 2.32. The fraction of sp³-hybridized carbons (Fsp3) is 0.562. The first-order valence-corrected chi connectivity index (χ1v) is 7.59. The molecule has 0 radical (unpaired) electrons. The zero-order valence-corrected chi connectivity index (χ0v) is 12.6. The predicted molar refractivity (Wildman–Crippen MR) is 83.2 cm³/mol. The van der Waals surface area contributed by atoms with Crippen LogP contribution in [-0.4, -0.2) is 29.0 Å². The highest BCUT2D eigenvalue weighted by atomic mass is 15.3. The molecule has 0 aromatic carbocycles. The molecule has 4 heteroatoms. The van der Waals surface area contributed by atoms with Crippen molar-refractivity contribution in [2.24, 2.45) is 5.92 Å². The Kier molecular flexibility index (Phi) is 3.66. The first-order chi connectivity index (χ1) is 9.72. The third-order valence-electron chi connectivity index (χ3n) is 4.29. The third-order valence-corrected chi connectivity index (χ3v) is 4.29. The fourth-order valence-corrected chi connectivity index (χ4v) is 3.34. The van der Waals surface area contributed by atoms with Gasteiger partial charge in [0.25, 0.3) is 0 Å². The average Bonchev–Trinajstić information content (AvgIpc) is 3.04. The minimum Gasteiger partial charge on any atom is -0.352 e. The molecule has 0 spiro atoms. The van der Waals surface area contributed by atoms with E-state index >= 15 is 0 Å². The first-order valence-electron chi connectivity index (χ1n) is 7.59. The van der Waals surface area contributed by atoms with E-state index in [4.69, 9.17) is 4.98 Å². The number of imidazole rings is 1. The highest BCUT2D eigenvalue weighted by molar-refractivity contribution is 5.57. The molecule has 20 heavy (non-hydrogen) atoms. The maximum atomic E-state index is 4.89. The van der Waals surface area contributed by atoms with Crippen LogP contribution < -0.4 is 10.2 Å². The summed E-state index contributed by atoms with van der Waals surface area (Å²) < 4.78 is 2.21. The molecule has 3 rings (SSSR count). The van der Waals surface area contributed by atoms with Gasteiger partial charge in [-0.3, -0.25) is 0 Å². The standard InChI is InChI=1S/C16H24N4/c1-12(2)13-7-6-10-20(13)16-14(11-17-3)19-9-5-4-8-15(19)18-16/h4-5,8-9,12-13,17H,6-7,10-11H2,1-3H3. The largest absolute Gasteiger partial charge is 0.352 e. The molecule has 1 unspecified atom stereocenters. The number of hydrogen-bond acceptors (Lipinski definition) is 3. The lowest BCUT2D eigenvalue weighted by molar-refractivity contribution is 0.489. The molecule has 1 aliphatic heterocycles. The van der Waals surface area contributed by atoms with Crippen molar-refractivity contribution in [3.8, 4) is 0 Å². The van der Waals surface area contributed by atoms with Crippen LogP contribution in [0, 0.1) is 5.92 Å². The van der Waals surface area contributed by atoms with Gasteiger partial charge in [-0.15, -0.1) is 0 Å². The summed E-state index contributed by atoms with van der Waals surface area (Å²) in [5.41, 5.74) is 2.32. The summed E-state index contributed by atoms with van der Waals surface area (Å²) in [6.07, 6.45) is 4.67. The van der Waals surface area contributed by atoms with Crippen LogP contribution in [0.25, 0.3) is 5.65 Å². The van der Waals surface area contributed by atoms with Crippen molar-refractivity contribution in [1.29, 1.82) is 0 Å². The molecule has 0 amide bonds. The maximum Gasteiger partial charge on any atom is 0.152 e. The Labute approximate surface area is 120 Å². The lowest BCUT2D eigenvalue weighted by Gasteiger charge is -2.28. The summed E-state index contributed by atoms with van der Waals surface area (Å²) in [5.74, 6) is 1.84. The van der Waals surface area contributed by atoms with E-state index < -0.39 is 0 Å². The van der Waals surface area contributed by atoms with E-state index in [9.17, 15) is 0 Å². The van der Waals surface area contributed by atoms with Crippen LogP contribution in [0.3, 0.4) is 0 Å². The Morgan fingerprint density at radius 3 is 3.00 bits per heavy atom. The lowest BCUT2D eigenvalue weighted by atomic mass is 10.0. The molecule has 108 valence electrons. The van der Waals surface area contributed by atoms with Crippen molar-refractivity contribution in [2.45, 2.75) is 39.3 Å². The molecule has 1 fully saturated rings. The van der Waals surface area contributed by atoms with Gasteiger partial charge in [-0.25, -0.2) is 4.98 Å². The zero-order valence-electron chi connectivity index (χ0n) is 12.6. The van der Waals surface area contributed by atoms with Crippen LogP contribution in [0.4, 0.5) is 5.82 Å². The molecule has 2 aromatic heterocycles. The summed E-state index contributed by atoms with van der Waals surface area (Å²) in [4.78, 5) is 7.41. The second kappa shape index (κ2) is 5.44. The van der Waals surface area contributed by atoms with E-state index in [1.54, 1.807) is 0 Å². The molecule has 1 N–H and O–H groups in total. The molecular weight excluding hydrogens is 248 g/mol. The summed E-state index contributed by atoms with van der Waals surface area (Å²) in [7, 11) is 2.00. The second-order valence-electron chi connectivity index (χ2n) is 5.99. The smallest absolute Gasteiger partial charge is 0.152 e. The summed E-state index contributed by atoms with van der Waals surface area (Å²) >= 11 is 0. The SMILES string of the molecule is CNCc1c(N2CCCC2C(C)C)nc2ccccn12. The number of hydrogen-bond donors (Lipinski definition) is 1. The van der Waals surface area contributed by atoms with Crippen LogP contribution >= 0.6 is 0 Å². The van der Waals surface area contributed by atoms with Gasteiger partial charge < -0.3 is 14.6 Å². The van der Waals surface area contributed by atoms with Gasteiger partial charge in [-0.05, 0) is 37.9 Å². The van der Waals surface area contributed by atoms with Gasteiger partial charge in [0.2, 0.25) is 0 Å². The Bertz CT molecular complexity index is 587. The monoisotopic (exact) mass is 272 g/mol. The Balaban J connectivity index is 2.08. The van der Waals surface area contributed by atoms with Crippen LogP contribution in [0.1, 0.15) is 32.4 Å². The van der Waals surface area contributed by atoms with E-state index in [2.05, 4.69) is 52.9 Å². The lowest BCUT2D eigenvalue weighted by Crippen LogP contribution is -2.34. The normalized spacial score (nSPS) is 19.4. The van der Waals surface area contributed by atoms with Crippen molar-refractivity contribution >= 4 is 11.5 Å². The minimum absolute atomic E-state index is 0.621. The van der Waals surface area contributed by atoms with Gasteiger partial charge in [-0.1, -0.05) is 19.9 Å². The van der Waals surface area contributed by atoms with E-state index in [-0.39, 0.29) is 0 Å². The molecular formula is C16H24N4. The second-order valence-corrected chi connectivity index (χ2v) is 5.99. The van der Waals surface area contributed by atoms with E-state index in [0.717, 1.165) is 18.7 Å². The molecule has 4 nitrogen and oxygen atoms in total. The molecule has 0 bridgehead atoms. The van der Waals surface area contributed by atoms with Gasteiger partial charge in [0.15, 0.2) is 5.82 Å². The maximum absolute atomic E-state index is 4.89. The highest BCUT2D eigenvalue weighted by Gasteiger charge is 2.30. The summed E-state index contributed by atoms with van der Waals surface area (Å²) in [5, 5.41) is 3.28. The first kappa shape index (κ1) is 13.4. The summed E-state index contributed by atoms with van der Waals surface area (Å²) in [6.45, 7) is 6.61. The molecule has 0 aliphatic carbocycles. The molecule has 0 saturated carbocycles. The molecule has 1 saturated heterocycles. The van der Waals surface area contributed by atoms with Crippen LogP contribution in [0.2, 0.25) is 0 Å². The molecule has 1 atom stereocenters. The molecule has 2 aromatic rings. The van der Waals surface area contributed by atoms with Crippen LogP contribution in [0.15, 0.2) is 24.4 Å². The number of fused-ring (bicyclic) bond motifs is 1. The quantitative estimate of drug-likeness (QED) is 0.929. The third kappa shape index (κ3) is 2.18. The van der Waals surface area contributed by atoms with E-state index in [1.807, 2.05) is 7.05 Å². The minimum atomic E-state index is 0.621. The average molecular weight is 272 g/mol. The number of rotatable bonds is 4. The van der Waals surface area contributed by atoms with Crippen molar-refractivity contribution in [1.82, 2.24) is 14.7 Å². The van der Waals surface area contributed by atoms with Gasteiger partial charge in [-0.2, -0.15) is 0 Å². The number of nitrogens with zero attached hydrogens (tertiary/aromatic N) is 3. The number of anilines is 1. The number of nitrogens with one attached hydrogen (secondary N) is 1. The molecule has 1 aliphatic rings. The van der Waals surface area contributed by atoms with Gasteiger partial charge in [0.1, 0.15) is 5.65 Å². The van der Waals surface area contributed by atoms with Crippen molar-refractivity contribution in [3.05, 3.63) is 30.1 Å². The number of aromatic nitrogens is 2. The Morgan fingerprint density at radius 2 is 2.25 bits per heavy atom. The van der Waals surface area contributed by atoms with Crippen molar-refractivity contribution in [3.63, 3.8) is 0 Å². The van der Waals surface area contributed by atoms with Crippen LogP contribution in [0.5, 0.6) is 0 Å². The van der Waals surface area contributed by atoms with Crippen molar-refractivity contribution in [2.75, 3.05) is 18.5 Å². The van der Waals surface area contributed by atoms with E-state index in [0.29, 0.717) is 12.0 Å². The Hall–Kier alpha value is -1.55. The van der Waals surface area contributed by atoms with Gasteiger partial charge >= 0.3 is 0 Å². The predicted octanol–water partition coefficient (Wildman–Crippen LogP) is 2.68. The summed E-state index contributed by atoms with van der Waals surface area (Å²) in [6, 6.07) is 6.83. The van der Waals surface area contributed by atoms with Crippen molar-refractivity contribution < 1.29 is 0 Å². The van der Waals surface area contributed by atoms with E-state index in [1.165, 1.54) is 24.4 Å². The topological polar surface area (TPSA) is 32.6 Å². The van der Waals surface area contributed by atoms with Gasteiger partial charge in [0, 0.05) is 25.3 Å².